The highest BCUT2D eigenvalue weighted by molar-refractivity contribution is 7.98. The summed E-state index contributed by atoms with van der Waals surface area (Å²) >= 11 is 1.82. The van der Waals surface area contributed by atoms with Crippen molar-refractivity contribution in [1.82, 2.24) is 9.97 Å². The van der Waals surface area contributed by atoms with E-state index in [1.165, 1.54) is 6.33 Å². The van der Waals surface area contributed by atoms with Crippen molar-refractivity contribution in [2.45, 2.75) is 6.92 Å². The molecule has 0 saturated heterocycles. The second-order valence-electron chi connectivity index (χ2n) is 3.06. The zero-order valence-corrected chi connectivity index (χ0v) is 10.3. The molecule has 0 spiro atoms. The van der Waals surface area contributed by atoms with Gasteiger partial charge in [0.05, 0.1) is 6.61 Å². The summed E-state index contributed by atoms with van der Waals surface area (Å²) in [5, 5.41) is 0. The van der Waals surface area contributed by atoms with Gasteiger partial charge in [-0.3, -0.25) is 0 Å². The van der Waals surface area contributed by atoms with Crippen molar-refractivity contribution < 1.29 is 4.74 Å². The average Bonchev–Trinajstić information content (AvgIpc) is 2.27. The van der Waals surface area contributed by atoms with E-state index < -0.39 is 0 Å². The molecule has 0 aliphatic heterocycles. The van der Waals surface area contributed by atoms with Gasteiger partial charge in [-0.2, -0.15) is 11.8 Å². The smallest absolute Gasteiger partial charge is 0.218 e. The molecular weight excluding hydrogens is 210 g/mol. The number of hydrogen-bond acceptors (Lipinski definition) is 5. The molecule has 0 N–H and O–H groups in total. The summed E-state index contributed by atoms with van der Waals surface area (Å²) in [6, 6.07) is 1.86. The minimum absolute atomic E-state index is 0.630. The lowest BCUT2D eigenvalue weighted by Crippen LogP contribution is -2.21. The molecule has 0 bridgehead atoms. The van der Waals surface area contributed by atoms with Crippen LogP contribution in [0, 0.1) is 0 Å². The van der Waals surface area contributed by atoms with Crippen LogP contribution in [0.2, 0.25) is 0 Å². The quantitative estimate of drug-likeness (QED) is 0.739. The Hall–Kier alpha value is -0.970. The lowest BCUT2D eigenvalue weighted by molar-refractivity contribution is 0.326. The van der Waals surface area contributed by atoms with Crippen LogP contribution in [0.5, 0.6) is 5.88 Å². The molecule has 1 rings (SSSR count). The Morgan fingerprint density at radius 1 is 1.47 bits per heavy atom. The van der Waals surface area contributed by atoms with E-state index in [1.54, 1.807) is 0 Å². The van der Waals surface area contributed by atoms with E-state index in [0.29, 0.717) is 12.5 Å². The second kappa shape index (κ2) is 6.50. The minimum Gasteiger partial charge on any atom is -0.478 e. The second-order valence-corrected chi connectivity index (χ2v) is 4.05. The van der Waals surface area contributed by atoms with E-state index in [9.17, 15) is 0 Å². The molecule has 0 radical (unpaired) electrons. The summed E-state index contributed by atoms with van der Waals surface area (Å²) in [4.78, 5) is 10.3. The monoisotopic (exact) mass is 227 g/mol. The van der Waals surface area contributed by atoms with Gasteiger partial charge in [0.15, 0.2) is 0 Å². The molecule has 84 valence electrons. The maximum Gasteiger partial charge on any atom is 0.218 e. The molecule has 0 aliphatic rings. The summed E-state index contributed by atoms with van der Waals surface area (Å²) < 4.78 is 5.32. The van der Waals surface area contributed by atoms with Crippen molar-refractivity contribution in [2.24, 2.45) is 0 Å². The predicted molar refractivity (Wildman–Crippen MR) is 64.9 cm³/mol. The third-order valence-corrected chi connectivity index (χ3v) is 2.53. The number of aromatic nitrogens is 2. The van der Waals surface area contributed by atoms with E-state index in [4.69, 9.17) is 4.74 Å². The zero-order chi connectivity index (χ0) is 11.1. The molecule has 0 aliphatic carbocycles. The molecule has 15 heavy (non-hydrogen) atoms. The Morgan fingerprint density at radius 2 is 2.27 bits per heavy atom. The van der Waals surface area contributed by atoms with Gasteiger partial charge in [0, 0.05) is 25.4 Å². The first-order valence-corrected chi connectivity index (χ1v) is 6.32. The first-order chi connectivity index (χ1) is 7.27. The number of thioether (sulfide) groups is 1. The van der Waals surface area contributed by atoms with Crippen molar-refractivity contribution in [3.63, 3.8) is 0 Å². The van der Waals surface area contributed by atoms with E-state index in [2.05, 4.69) is 21.1 Å². The number of nitrogens with zero attached hydrogens (tertiary/aromatic N) is 3. The van der Waals surface area contributed by atoms with Gasteiger partial charge >= 0.3 is 0 Å². The van der Waals surface area contributed by atoms with E-state index >= 15 is 0 Å². The van der Waals surface area contributed by atoms with Gasteiger partial charge in [-0.15, -0.1) is 0 Å². The van der Waals surface area contributed by atoms with E-state index in [-0.39, 0.29) is 0 Å². The fourth-order valence-corrected chi connectivity index (χ4v) is 1.56. The Kier molecular flexibility index (Phi) is 5.25. The Labute approximate surface area is 95.1 Å². The number of ether oxygens (including phenoxy) is 1. The van der Waals surface area contributed by atoms with Crippen molar-refractivity contribution >= 4 is 17.6 Å². The van der Waals surface area contributed by atoms with Crippen molar-refractivity contribution in [3.05, 3.63) is 12.4 Å². The first kappa shape index (κ1) is 12.1. The molecule has 1 heterocycles. The fraction of sp³-hybridized carbons (Fsp3) is 0.600. The molecule has 0 saturated carbocycles. The number of anilines is 1. The van der Waals surface area contributed by atoms with Gasteiger partial charge in [-0.25, -0.2) is 9.97 Å². The van der Waals surface area contributed by atoms with Crippen molar-refractivity contribution in [3.8, 4) is 5.88 Å². The SMILES string of the molecule is CCOc1cc(N(C)CCSC)ncn1. The van der Waals surface area contributed by atoms with Crippen LogP contribution in [0.15, 0.2) is 12.4 Å². The molecule has 4 nitrogen and oxygen atoms in total. The lowest BCUT2D eigenvalue weighted by atomic mass is 10.5. The highest BCUT2D eigenvalue weighted by atomic mass is 32.2. The van der Waals surface area contributed by atoms with Gasteiger partial charge < -0.3 is 9.64 Å². The van der Waals surface area contributed by atoms with Crippen LogP contribution in [-0.4, -0.2) is 42.2 Å². The highest BCUT2D eigenvalue weighted by Gasteiger charge is 2.03. The fourth-order valence-electron chi connectivity index (χ4n) is 1.11. The molecule has 0 atom stereocenters. The van der Waals surface area contributed by atoms with Gasteiger partial charge in [0.25, 0.3) is 0 Å². The normalized spacial score (nSPS) is 10.1. The van der Waals surface area contributed by atoms with E-state index in [0.717, 1.165) is 18.1 Å². The van der Waals surface area contributed by atoms with Crippen LogP contribution in [0.4, 0.5) is 5.82 Å². The van der Waals surface area contributed by atoms with Crippen LogP contribution in [-0.2, 0) is 0 Å². The Morgan fingerprint density at radius 3 is 2.93 bits per heavy atom. The minimum atomic E-state index is 0.630. The standard InChI is InChI=1S/C10H17N3OS/c1-4-14-10-7-9(11-8-12-10)13(2)5-6-15-3/h7-8H,4-6H2,1-3H3. The zero-order valence-electron chi connectivity index (χ0n) is 9.43. The largest absolute Gasteiger partial charge is 0.478 e. The maximum absolute atomic E-state index is 5.32. The molecule has 0 aromatic carbocycles. The third kappa shape index (κ3) is 3.95. The summed E-state index contributed by atoms with van der Waals surface area (Å²) in [7, 11) is 2.02. The van der Waals surface area contributed by atoms with Crippen LogP contribution < -0.4 is 9.64 Å². The van der Waals surface area contributed by atoms with Gasteiger partial charge in [-0.1, -0.05) is 0 Å². The molecule has 1 aromatic heterocycles. The van der Waals surface area contributed by atoms with Gasteiger partial charge in [0.2, 0.25) is 5.88 Å². The predicted octanol–water partition coefficient (Wildman–Crippen LogP) is 1.67. The summed E-state index contributed by atoms with van der Waals surface area (Å²) in [5.41, 5.74) is 0. The molecule has 0 amide bonds. The average molecular weight is 227 g/mol. The van der Waals surface area contributed by atoms with Crippen LogP contribution in [0.25, 0.3) is 0 Å². The summed E-state index contributed by atoms with van der Waals surface area (Å²) in [6.07, 6.45) is 3.63. The molecule has 0 fully saturated rings. The molecular formula is C10H17N3OS. The van der Waals surface area contributed by atoms with Crippen molar-refractivity contribution in [2.75, 3.05) is 37.1 Å². The topological polar surface area (TPSA) is 38.2 Å². The van der Waals surface area contributed by atoms with E-state index in [1.807, 2.05) is 31.8 Å². The van der Waals surface area contributed by atoms with Crippen molar-refractivity contribution in [1.29, 1.82) is 0 Å². The highest BCUT2D eigenvalue weighted by Crippen LogP contribution is 2.14. The van der Waals surface area contributed by atoms with Gasteiger partial charge in [0.1, 0.15) is 12.1 Å². The lowest BCUT2D eigenvalue weighted by Gasteiger charge is -2.17. The molecule has 5 heteroatoms. The Bertz CT molecular complexity index is 296. The van der Waals surface area contributed by atoms with Crippen LogP contribution in [0.3, 0.4) is 0 Å². The maximum atomic E-state index is 5.32. The Balaban J connectivity index is 2.62. The first-order valence-electron chi connectivity index (χ1n) is 4.92. The number of rotatable bonds is 6. The summed E-state index contributed by atoms with van der Waals surface area (Å²) in [5.74, 6) is 2.63. The number of hydrogen-bond donors (Lipinski definition) is 0. The third-order valence-electron chi connectivity index (χ3n) is 1.94. The molecule has 0 unspecified atom stereocenters. The summed E-state index contributed by atoms with van der Waals surface area (Å²) in [6.45, 7) is 3.55. The molecule has 1 aromatic rings. The van der Waals surface area contributed by atoms with Crippen LogP contribution in [0.1, 0.15) is 6.92 Å². The van der Waals surface area contributed by atoms with Crippen LogP contribution >= 0.6 is 11.8 Å². The van der Waals surface area contributed by atoms with Gasteiger partial charge in [-0.05, 0) is 13.2 Å².